The lowest BCUT2D eigenvalue weighted by molar-refractivity contribution is -0.128. The highest BCUT2D eigenvalue weighted by Crippen LogP contribution is 2.71. The van der Waals surface area contributed by atoms with Crippen molar-refractivity contribution in [1.29, 1.82) is 0 Å². The monoisotopic (exact) mass is 646 g/mol. The van der Waals surface area contributed by atoms with Crippen molar-refractivity contribution in [2.24, 2.45) is 16.7 Å². The number of hydrogen-bond acceptors (Lipinski definition) is 4. The average molecular weight is 647 g/mol. The van der Waals surface area contributed by atoms with Crippen LogP contribution in [-0.4, -0.2) is 20.0 Å². The number of rotatable bonds is 9. The van der Waals surface area contributed by atoms with E-state index in [2.05, 4.69) is 38.1 Å². The first-order valence-corrected chi connectivity index (χ1v) is 18.9. The van der Waals surface area contributed by atoms with E-state index in [0.717, 1.165) is 43.4 Å². The smallest absolute Gasteiger partial charge is 0.278 e. The van der Waals surface area contributed by atoms with Crippen LogP contribution in [0, 0.1) is 16.7 Å². The van der Waals surface area contributed by atoms with Gasteiger partial charge >= 0.3 is 0 Å². The van der Waals surface area contributed by atoms with E-state index in [0.29, 0.717) is 12.8 Å². The minimum atomic E-state index is -4.22. The van der Waals surface area contributed by atoms with Crippen LogP contribution < -0.4 is 0 Å². The van der Waals surface area contributed by atoms with E-state index < -0.39 is 31.3 Å². The van der Waals surface area contributed by atoms with Gasteiger partial charge in [0.2, 0.25) is 0 Å². The summed E-state index contributed by atoms with van der Waals surface area (Å²) in [6.07, 6.45) is 1.89. The van der Waals surface area contributed by atoms with Gasteiger partial charge in [-0.15, -0.1) is 0 Å². The fraction of sp³-hybridized carbons (Fsp3) is 0.225. The van der Waals surface area contributed by atoms with E-state index in [-0.39, 0.29) is 17.5 Å². The average Bonchev–Trinajstić information content (AvgIpc) is 3.43. The zero-order chi connectivity index (χ0) is 32.0. The first-order valence-electron chi connectivity index (χ1n) is 15.8. The SMILES string of the molecule is CC1(C)C2CCC1(CS(=O)(=O)OS(c1ccccc1)(c1ccc(-c3ccccc3)cc1)c1ccc(-c3ccccc3)cc1)C(=O)C2. The van der Waals surface area contributed by atoms with Crippen molar-refractivity contribution in [3.05, 3.63) is 140 Å². The summed E-state index contributed by atoms with van der Waals surface area (Å²) < 4.78 is 35.8. The Hall–Kier alpha value is -3.97. The molecule has 2 aliphatic carbocycles. The summed E-state index contributed by atoms with van der Waals surface area (Å²) >= 11 is 0. The molecule has 2 unspecified atom stereocenters. The number of carbonyl (C=O) groups excluding carboxylic acids is 1. The molecule has 0 N–H and O–H groups in total. The van der Waals surface area contributed by atoms with Crippen LogP contribution >= 0.6 is 10.3 Å². The third kappa shape index (κ3) is 5.13. The van der Waals surface area contributed by atoms with E-state index in [1.807, 2.05) is 115 Å². The lowest BCUT2D eigenvalue weighted by Gasteiger charge is -2.41. The molecule has 5 aromatic carbocycles. The Morgan fingerprint density at radius 2 is 1.02 bits per heavy atom. The molecule has 46 heavy (non-hydrogen) atoms. The number of benzene rings is 5. The second kappa shape index (κ2) is 11.7. The summed E-state index contributed by atoms with van der Waals surface area (Å²) in [6, 6.07) is 46.1. The number of carbonyl (C=O) groups is 1. The van der Waals surface area contributed by atoms with Crippen LogP contribution in [0.5, 0.6) is 0 Å². The van der Waals surface area contributed by atoms with Crippen molar-refractivity contribution in [3.8, 4) is 22.3 Å². The van der Waals surface area contributed by atoms with E-state index in [1.165, 1.54) is 0 Å². The van der Waals surface area contributed by atoms with Gasteiger partial charge in [-0.25, -0.2) is 3.63 Å². The summed E-state index contributed by atoms with van der Waals surface area (Å²) in [6.45, 7) is 4.13. The number of fused-ring (bicyclic) bond motifs is 2. The van der Waals surface area contributed by atoms with Crippen molar-refractivity contribution in [3.63, 3.8) is 0 Å². The Balaban J connectivity index is 1.39. The van der Waals surface area contributed by atoms with Gasteiger partial charge in [0.05, 0.1) is 11.2 Å². The molecule has 6 heteroatoms. The van der Waals surface area contributed by atoms with Crippen LogP contribution in [0.25, 0.3) is 22.3 Å². The lowest BCUT2D eigenvalue weighted by atomic mass is 9.70. The van der Waals surface area contributed by atoms with Crippen molar-refractivity contribution < 1.29 is 16.8 Å². The molecule has 4 nitrogen and oxygen atoms in total. The lowest BCUT2D eigenvalue weighted by Crippen LogP contribution is -2.42. The maximum absolute atomic E-state index is 14.6. The zero-order valence-corrected chi connectivity index (χ0v) is 27.8. The van der Waals surface area contributed by atoms with Crippen molar-refractivity contribution >= 4 is 26.2 Å². The van der Waals surface area contributed by atoms with E-state index in [9.17, 15) is 13.2 Å². The second-order valence-electron chi connectivity index (χ2n) is 13.1. The van der Waals surface area contributed by atoms with Crippen molar-refractivity contribution in [2.45, 2.75) is 47.8 Å². The molecule has 0 aromatic heterocycles. The standard InChI is InChI=1S/C40H38O4S2/c1-39(2)34-26-27-40(39,38(41)28-34)29-45(42,43)44-46(35-16-10-5-11-17-35,36-22-18-32(19-23-36)30-12-6-3-7-13-30)37-24-20-33(21-25-37)31-14-8-4-9-15-31/h3-25,34H,26-29H2,1-2H3. The van der Waals surface area contributed by atoms with Crippen LogP contribution in [0.2, 0.25) is 0 Å². The topological polar surface area (TPSA) is 60.4 Å². The van der Waals surface area contributed by atoms with Gasteiger partial charge in [0.25, 0.3) is 10.1 Å². The summed E-state index contributed by atoms with van der Waals surface area (Å²) in [7, 11) is -7.03. The fourth-order valence-corrected chi connectivity index (χ4v) is 13.7. The molecular formula is C40H38O4S2. The van der Waals surface area contributed by atoms with Crippen LogP contribution in [0.15, 0.2) is 154 Å². The van der Waals surface area contributed by atoms with E-state index in [1.54, 1.807) is 0 Å². The second-order valence-corrected chi connectivity index (χ2v) is 17.6. The summed E-state index contributed by atoms with van der Waals surface area (Å²) in [5.74, 6) is -0.0492. The minimum Gasteiger partial charge on any atom is -0.299 e. The highest BCUT2D eigenvalue weighted by atomic mass is 32.3. The molecule has 0 heterocycles. The predicted molar refractivity (Wildman–Crippen MR) is 186 cm³/mol. The van der Waals surface area contributed by atoms with E-state index in [4.69, 9.17) is 3.63 Å². The Labute approximate surface area is 274 Å². The maximum Gasteiger partial charge on any atom is 0.278 e. The molecule has 2 fully saturated rings. The molecule has 2 bridgehead atoms. The van der Waals surface area contributed by atoms with Crippen LogP contribution in [0.4, 0.5) is 0 Å². The maximum atomic E-state index is 14.6. The molecule has 2 atom stereocenters. The van der Waals surface area contributed by atoms with Crippen LogP contribution in [0.3, 0.4) is 0 Å². The van der Waals surface area contributed by atoms with Gasteiger partial charge < -0.3 is 0 Å². The number of ketones is 1. The van der Waals surface area contributed by atoms with Gasteiger partial charge in [-0.2, -0.15) is 8.42 Å². The molecule has 0 radical (unpaired) electrons. The molecule has 0 saturated heterocycles. The van der Waals surface area contributed by atoms with E-state index >= 15 is 0 Å². The molecule has 234 valence electrons. The van der Waals surface area contributed by atoms with Gasteiger partial charge in [0, 0.05) is 21.1 Å². The first kappa shape index (κ1) is 30.7. The largest absolute Gasteiger partial charge is 0.299 e. The third-order valence-electron chi connectivity index (χ3n) is 10.4. The van der Waals surface area contributed by atoms with Crippen molar-refractivity contribution in [2.75, 3.05) is 5.75 Å². The van der Waals surface area contributed by atoms with Crippen LogP contribution in [-0.2, 0) is 18.5 Å². The predicted octanol–water partition coefficient (Wildman–Crippen LogP) is 9.96. The number of hydrogen-bond donors (Lipinski definition) is 0. The highest BCUT2D eigenvalue weighted by Gasteiger charge is 2.65. The Morgan fingerprint density at radius 3 is 1.43 bits per heavy atom. The summed E-state index contributed by atoms with van der Waals surface area (Å²) in [5.41, 5.74) is 2.87. The molecule has 0 spiro atoms. The Bertz CT molecular complexity index is 1870. The van der Waals surface area contributed by atoms with Gasteiger partial charge in [-0.3, -0.25) is 4.79 Å². The quantitative estimate of drug-likeness (QED) is 0.160. The highest BCUT2D eigenvalue weighted by molar-refractivity contribution is 8.33. The van der Waals surface area contributed by atoms with Gasteiger partial charge in [-0.05, 0) is 93.1 Å². The Kier molecular flexibility index (Phi) is 7.79. The Morgan fingerprint density at radius 1 is 0.609 bits per heavy atom. The molecule has 0 aliphatic heterocycles. The number of Topliss-reactive ketones (excluding diaryl/α,β-unsaturated/α-hetero) is 1. The molecule has 2 saturated carbocycles. The minimum absolute atomic E-state index is 0.0562. The summed E-state index contributed by atoms with van der Waals surface area (Å²) in [5, 5.41) is 0. The third-order valence-corrected chi connectivity index (χ3v) is 15.7. The molecule has 2 aliphatic rings. The molecule has 0 amide bonds. The van der Waals surface area contributed by atoms with Crippen LogP contribution in [0.1, 0.15) is 33.1 Å². The molecule has 5 aromatic rings. The van der Waals surface area contributed by atoms with Gasteiger partial charge in [-0.1, -0.05) is 117 Å². The summed E-state index contributed by atoms with van der Waals surface area (Å²) in [4.78, 5) is 15.8. The fourth-order valence-electron chi connectivity index (χ4n) is 7.67. The normalized spacial score (nSPS) is 20.9. The molecule has 7 rings (SSSR count). The zero-order valence-electron chi connectivity index (χ0n) is 26.1. The van der Waals surface area contributed by atoms with Gasteiger partial charge in [0.15, 0.2) is 0 Å². The van der Waals surface area contributed by atoms with Gasteiger partial charge in [0.1, 0.15) is 5.78 Å². The van der Waals surface area contributed by atoms with Crippen molar-refractivity contribution in [1.82, 2.24) is 0 Å². The molecular weight excluding hydrogens is 609 g/mol. The first-order chi connectivity index (χ1) is 22.1.